The van der Waals surface area contributed by atoms with Crippen LogP contribution in [0.5, 0.6) is 5.75 Å². The van der Waals surface area contributed by atoms with Crippen molar-refractivity contribution in [1.82, 2.24) is 10.2 Å². The number of nitrogens with one attached hydrogen (secondary N) is 2. The molecule has 6 heteroatoms. The molecule has 1 heterocycles. The first-order valence-corrected chi connectivity index (χ1v) is 6.01. The van der Waals surface area contributed by atoms with E-state index in [4.69, 9.17) is 10.5 Å². The molecule has 1 amide bonds. The molecule has 2 aromatic rings. The van der Waals surface area contributed by atoms with Gasteiger partial charge in [0.1, 0.15) is 11.4 Å². The second-order valence-electron chi connectivity index (χ2n) is 3.88. The highest BCUT2D eigenvalue weighted by Crippen LogP contribution is 2.22. The quantitative estimate of drug-likeness (QED) is 0.759. The molecule has 0 unspecified atom stereocenters. The number of carbonyl (C=O) groups is 1. The lowest BCUT2D eigenvalue weighted by molar-refractivity contribution is 0.102. The SMILES string of the molecule is CCOc1ccc(NC(=O)c2ccn[nH]2)cc1CN. The van der Waals surface area contributed by atoms with Gasteiger partial charge in [-0.1, -0.05) is 0 Å². The van der Waals surface area contributed by atoms with E-state index in [0.29, 0.717) is 24.5 Å². The minimum absolute atomic E-state index is 0.246. The monoisotopic (exact) mass is 260 g/mol. The van der Waals surface area contributed by atoms with Gasteiger partial charge in [-0.2, -0.15) is 5.10 Å². The summed E-state index contributed by atoms with van der Waals surface area (Å²) in [6, 6.07) is 6.99. The molecule has 4 N–H and O–H groups in total. The Kier molecular flexibility index (Phi) is 4.15. The summed E-state index contributed by atoms with van der Waals surface area (Å²) >= 11 is 0. The zero-order chi connectivity index (χ0) is 13.7. The van der Waals surface area contributed by atoms with Crippen molar-refractivity contribution in [1.29, 1.82) is 0 Å². The summed E-state index contributed by atoms with van der Waals surface area (Å²) in [5, 5.41) is 9.10. The Morgan fingerprint density at radius 2 is 2.32 bits per heavy atom. The second kappa shape index (κ2) is 6.01. The number of hydrogen-bond donors (Lipinski definition) is 3. The van der Waals surface area contributed by atoms with Crippen LogP contribution in [0.4, 0.5) is 5.69 Å². The number of amides is 1. The van der Waals surface area contributed by atoms with E-state index in [0.717, 1.165) is 11.3 Å². The summed E-state index contributed by atoms with van der Waals surface area (Å²) in [7, 11) is 0. The molecular formula is C13H16N4O2. The van der Waals surface area contributed by atoms with E-state index in [2.05, 4.69) is 15.5 Å². The van der Waals surface area contributed by atoms with Crippen LogP contribution in [0, 0.1) is 0 Å². The average molecular weight is 260 g/mol. The van der Waals surface area contributed by atoms with Crippen molar-refractivity contribution < 1.29 is 9.53 Å². The molecule has 0 aliphatic carbocycles. The van der Waals surface area contributed by atoms with E-state index in [1.807, 2.05) is 6.92 Å². The van der Waals surface area contributed by atoms with Crippen LogP contribution in [-0.2, 0) is 6.54 Å². The van der Waals surface area contributed by atoms with Crippen LogP contribution >= 0.6 is 0 Å². The molecular weight excluding hydrogens is 244 g/mol. The normalized spacial score (nSPS) is 10.2. The lowest BCUT2D eigenvalue weighted by atomic mass is 10.1. The summed E-state index contributed by atoms with van der Waals surface area (Å²) in [6.07, 6.45) is 1.53. The predicted molar refractivity (Wildman–Crippen MR) is 72.0 cm³/mol. The molecule has 0 atom stereocenters. The molecule has 0 spiro atoms. The number of aromatic nitrogens is 2. The molecule has 100 valence electrons. The van der Waals surface area contributed by atoms with Crippen LogP contribution in [0.15, 0.2) is 30.5 Å². The maximum atomic E-state index is 11.8. The number of hydrogen-bond acceptors (Lipinski definition) is 4. The maximum absolute atomic E-state index is 11.8. The van der Waals surface area contributed by atoms with E-state index in [9.17, 15) is 4.79 Å². The average Bonchev–Trinajstić information content (AvgIpc) is 2.94. The van der Waals surface area contributed by atoms with E-state index < -0.39 is 0 Å². The minimum atomic E-state index is -0.246. The molecule has 1 aromatic heterocycles. The predicted octanol–water partition coefficient (Wildman–Crippen LogP) is 1.52. The first-order chi connectivity index (χ1) is 9.24. The Balaban J connectivity index is 2.15. The summed E-state index contributed by atoms with van der Waals surface area (Å²) < 4.78 is 5.45. The highest BCUT2D eigenvalue weighted by atomic mass is 16.5. The van der Waals surface area contributed by atoms with Crippen LogP contribution in [0.25, 0.3) is 0 Å². The molecule has 0 saturated heterocycles. The van der Waals surface area contributed by atoms with Gasteiger partial charge in [0.05, 0.1) is 6.61 Å². The second-order valence-corrected chi connectivity index (χ2v) is 3.88. The van der Waals surface area contributed by atoms with Gasteiger partial charge < -0.3 is 15.8 Å². The smallest absolute Gasteiger partial charge is 0.273 e. The van der Waals surface area contributed by atoms with E-state index >= 15 is 0 Å². The number of H-pyrrole nitrogens is 1. The number of carbonyl (C=O) groups excluding carboxylic acids is 1. The lowest BCUT2D eigenvalue weighted by Crippen LogP contribution is -2.13. The highest BCUT2D eigenvalue weighted by molar-refractivity contribution is 6.02. The van der Waals surface area contributed by atoms with Gasteiger partial charge in [0.15, 0.2) is 0 Å². The minimum Gasteiger partial charge on any atom is -0.494 e. The van der Waals surface area contributed by atoms with Crippen LogP contribution in [0.3, 0.4) is 0 Å². The highest BCUT2D eigenvalue weighted by Gasteiger charge is 2.09. The Bertz CT molecular complexity index is 552. The molecule has 0 aliphatic heterocycles. The Morgan fingerprint density at radius 3 is 2.95 bits per heavy atom. The molecule has 19 heavy (non-hydrogen) atoms. The number of aromatic amines is 1. The van der Waals surface area contributed by atoms with E-state index in [1.165, 1.54) is 6.20 Å². The van der Waals surface area contributed by atoms with Gasteiger partial charge in [0.2, 0.25) is 0 Å². The van der Waals surface area contributed by atoms with Crippen molar-refractivity contribution >= 4 is 11.6 Å². The fraction of sp³-hybridized carbons (Fsp3) is 0.231. The van der Waals surface area contributed by atoms with Crippen molar-refractivity contribution in [2.45, 2.75) is 13.5 Å². The number of anilines is 1. The summed E-state index contributed by atoms with van der Waals surface area (Å²) in [4.78, 5) is 11.8. The van der Waals surface area contributed by atoms with Gasteiger partial charge in [-0.05, 0) is 31.2 Å². The number of benzene rings is 1. The topological polar surface area (TPSA) is 93.0 Å². The molecule has 0 fully saturated rings. The molecule has 0 radical (unpaired) electrons. The third kappa shape index (κ3) is 3.11. The standard InChI is InChI=1S/C13H16N4O2/c1-2-19-12-4-3-10(7-9(12)8-14)16-13(18)11-5-6-15-17-11/h3-7H,2,8,14H2,1H3,(H,15,17)(H,16,18). The van der Waals surface area contributed by atoms with Gasteiger partial charge >= 0.3 is 0 Å². The Morgan fingerprint density at radius 1 is 1.47 bits per heavy atom. The largest absolute Gasteiger partial charge is 0.494 e. The van der Waals surface area contributed by atoms with Gasteiger partial charge in [-0.3, -0.25) is 9.89 Å². The Labute approximate surface area is 111 Å². The van der Waals surface area contributed by atoms with E-state index in [1.54, 1.807) is 24.3 Å². The number of nitrogens with zero attached hydrogens (tertiary/aromatic N) is 1. The van der Waals surface area contributed by atoms with Crippen LogP contribution in [0.1, 0.15) is 23.0 Å². The van der Waals surface area contributed by atoms with Crippen molar-refractivity contribution in [3.8, 4) is 5.75 Å². The first-order valence-electron chi connectivity index (χ1n) is 6.01. The molecule has 1 aromatic carbocycles. The summed E-state index contributed by atoms with van der Waals surface area (Å²) in [6.45, 7) is 2.84. The third-order valence-electron chi connectivity index (χ3n) is 2.58. The molecule has 0 aliphatic rings. The first kappa shape index (κ1) is 13.1. The summed E-state index contributed by atoms with van der Waals surface area (Å²) in [5.74, 6) is 0.495. The van der Waals surface area contributed by atoms with Gasteiger partial charge in [-0.15, -0.1) is 0 Å². The lowest BCUT2D eigenvalue weighted by Gasteiger charge is -2.11. The van der Waals surface area contributed by atoms with Crippen molar-refractivity contribution in [2.24, 2.45) is 5.73 Å². The maximum Gasteiger partial charge on any atom is 0.273 e. The zero-order valence-corrected chi connectivity index (χ0v) is 10.6. The Hall–Kier alpha value is -2.34. The van der Waals surface area contributed by atoms with Crippen molar-refractivity contribution in [3.05, 3.63) is 41.7 Å². The summed E-state index contributed by atoms with van der Waals surface area (Å²) in [5.41, 5.74) is 7.59. The number of rotatable bonds is 5. The fourth-order valence-corrected chi connectivity index (χ4v) is 1.69. The van der Waals surface area contributed by atoms with Crippen LogP contribution in [0.2, 0.25) is 0 Å². The zero-order valence-electron chi connectivity index (χ0n) is 10.6. The van der Waals surface area contributed by atoms with Gasteiger partial charge in [-0.25, -0.2) is 0 Å². The molecule has 6 nitrogen and oxygen atoms in total. The fourth-order valence-electron chi connectivity index (χ4n) is 1.69. The number of nitrogens with two attached hydrogens (primary N) is 1. The molecule has 0 bridgehead atoms. The third-order valence-corrected chi connectivity index (χ3v) is 2.58. The van der Waals surface area contributed by atoms with E-state index in [-0.39, 0.29) is 5.91 Å². The molecule has 2 rings (SSSR count). The van der Waals surface area contributed by atoms with Crippen molar-refractivity contribution in [2.75, 3.05) is 11.9 Å². The number of ether oxygens (including phenoxy) is 1. The van der Waals surface area contributed by atoms with Crippen molar-refractivity contribution in [3.63, 3.8) is 0 Å². The van der Waals surface area contributed by atoms with Gasteiger partial charge in [0.25, 0.3) is 5.91 Å². The molecule has 0 saturated carbocycles. The van der Waals surface area contributed by atoms with Gasteiger partial charge in [0, 0.05) is 24.0 Å². The van der Waals surface area contributed by atoms with Crippen LogP contribution < -0.4 is 15.8 Å². The van der Waals surface area contributed by atoms with Crippen LogP contribution in [-0.4, -0.2) is 22.7 Å².